The lowest BCUT2D eigenvalue weighted by molar-refractivity contribution is -0.137. The highest BCUT2D eigenvalue weighted by Crippen LogP contribution is 2.29. The second kappa shape index (κ2) is 5.51. The summed E-state index contributed by atoms with van der Waals surface area (Å²) in [7, 11) is 0. The molecule has 2 aromatic carbocycles. The molecule has 7 heteroatoms. The summed E-state index contributed by atoms with van der Waals surface area (Å²) >= 11 is 0. The number of para-hydroxylation sites is 2. The van der Waals surface area contributed by atoms with Gasteiger partial charge in [0.1, 0.15) is 5.52 Å². The molecule has 1 N–H and O–H groups in total. The lowest BCUT2D eigenvalue weighted by Gasteiger charge is -2.06. The molecule has 112 valence electrons. The van der Waals surface area contributed by atoms with Gasteiger partial charge in [0, 0.05) is 0 Å². The maximum Gasteiger partial charge on any atom is 0.416 e. The predicted octanol–water partition coefficient (Wildman–Crippen LogP) is 4.29. The van der Waals surface area contributed by atoms with Gasteiger partial charge >= 0.3 is 12.2 Å². The van der Waals surface area contributed by atoms with Crippen molar-refractivity contribution in [2.75, 3.05) is 5.43 Å². The Morgan fingerprint density at radius 3 is 2.68 bits per heavy atom. The zero-order valence-corrected chi connectivity index (χ0v) is 11.1. The van der Waals surface area contributed by atoms with Crippen LogP contribution in [0.4, 0.5) is 19.2 Å². The van der Waals surface area contributed by atoms with Gasteiger partial charge in [0.2, 0.25) is 0 Å². The molecule has 0 bridgehead atoms. The van der Waals surface area contributed by atoms with Crippen LogP contribution in [0.3, 0.4) is 0 Å². The van der Waals surface area contributed by atoms with Gasteiger partial charge in [-0.1, -0.05) is 24.3 Å². The van der Waals surface area contributed by atoms with Crippen LogP contribution in [0.2, 0.25) is 0 Å². The van der Waals surface area contributed by atoms with Crippen LogP contribution >= 0.6 is 0 Å². The SMILES string of the molecule is FC(F)(F)c1cccc(/C=N/Nc2nc3ccccc3o2)c1. The Hall–Kier alpha value is -2.83. The molecule has 0 aliphatic heterocycles. The minimum Gasteiger partial charge on any atom is -0.422 e. The first-order valence-corrected chi connectivity index (χ1v) is 6.34. The van der Waals surface area contributed by atoms with Crippen LogP contribution in [0, 0.1) is 0 Å². The second-order valence-electron chi connectivity index (χ2n) is 4.48. The third kappa shape index (κ3) is 3.08. The standard InChI is InChI=1S/C15H10F3N3O/c16-15(17,18)11-5-3-4-10(8-11)9-19-21-14-20-12-6-1-2-7-13(12)22-14/h1-9H,(H,20,21)/b19-9+. The minimum absolute atomic E-state index is 0.171. The quantitative estimate of drug-likeness (QED) is 0.580. The fourth-order valence-corrected chi connectivity index (χ4v) is 1.88. The number of hydrogen-bond acceptors (Lipinski definition) is 4. The summed E-state index contributed by atoms with van der Waals surface area (Å²) in [5.41, 5.74) is 3.41. The number of hydrogen-bond donors (Lipinski definition) is 1. The lowest BCUT2D eigenvalue weighted by atomic mass is 10.1. The highest BCUT2D eigenvalue weighted by atomic mass is 19.4. The predicted molar refractivity (Wildman–Crippen MR) is 76.7 cm³/mol. The molecule has 1 aromatic heterocycles. The zero-order chi connectivity index (χ0) is 15.6. The molecule has 0 radical (unpaired) electrons. The van der Waals surface area contributed by atoms with Crippen LogP contribution in [0.15, 0.2) is 58.0 Å². The number of rotatable bonds is 3. The van der Waals surface area contributed by atoms with Crippen LogP contribution in [-0.4, -0.2) is 11.2 Å². The molecule has 4 nitrogen and oxygen atoms in total. The number of hydrazone groups is 1. The van der Waals surface area contributed by atoms with Crippen LogP contribution in [0.1, 0.15) is 11.1 Å². The molecule has 0 saturated carbocycles. The molecule has 0 amide bonds. The molecule has 1 heterocycles. The van der Waals surface area contributed by atoms with E-state index in [0.717, 1.165) is 12.1 Å². The summed E-state index contributed by atoms with van der Waals surface area (Å²) < 4.78 is 43.1. The number of aromatic nitrogens is 1. The van der Waals surface area contributed by atoms with Crippen LogP contribution < -0.4 is 5.43 Å². The van der Waals surface area contributed by atoms with Gasteiger partial charge in [-0.15, -0.1) is 0 Å². The first-order valence-electron chi connectivity index (χ1n) is 6.34. The van der Waals surface area contributed by atoms with Gasteiger partial charge in [0.05, 0.1) is 11.8 Å². The molecular weight excluding hydrogens is 295 g/mol. The Morgan fingerprint density at radius 2 is 1.91 bits per heavy atom. The van der Waals surface area contributed by atoms with Gasteiger partial charge in [-0.05, 0) is 29.8 Å². The Labute approximate surface area is 123 Å². The summed E-state index contributed by atoms with van der Waals surface area (Å²) in [6, 6.07) is 12.2. The first-order chi connectivity index (χ1) is 10.5. The molecule has 0 aliphatic rings. The summed E-state index contributed by atoms with van der Waals surface area (Å²) in [6.45, 7) is 0. The highest BCUT2D eigenvalue weighted by Gasteiger charge is 2.30. The van der Waals surface area contributed by atoms with E-state index in [9.17, 15) is 13.2 Å². The number of alkyl halides is 3. The van der Waals surface area contributed by atoms with E-state index in [4.69, 9.17) is 4.42 Å². The molecule has 0 unspecified atom stereocenters. The van der Waals surface area contributed by atoms with Gasteiger partial charge in [-0.25, -0.2) is 5.43 Å². The van der Waals surface area contributed by atoms with Crippen LogP contribution in [0.25, 0.3) is 11.1 Å². The van der Waals surface area contributed by atoms with Crippen molar-refractivity contribution < 1.29 is 17.6 Å². The second-order valence-corrected chi connectivity index (χ2v) is 4.48. The highest BCUT2D eigenvalue weighted by molar-refractivity contribution is 5.80. The topological polar surface area (TPSA) is 50.4 Å². The Bertz CT molecular complexity index is 791. The van der Waals surface area contributed by atoms with E-state index < -0.39 is 11.7 Å². The van der Waals surface area contributed by atoms with Crippen molar-refractivity contribution in [3.8, 4) is 0 Å². The van der Waals surface area contributed by atoms with Crippen molar-refractivity contribution in [2.24, 2.45) is 5.10 Å². The maximum atomic E-state index is 12.6. The van der Waals surface area contributed by atoms with Crippen molar-refractivity contribution in [3.63, 3.8) is 0 Å². The molecule has 22 heavy (non-hydrogen) atoms. The molecule has 0 saturated heterocycles. The molecule has 0 fully saturated rings. The van der Waals surface area contributed by atoms with Crippen molar-refractivity contribution in [1.82, 2.24) is 4.98 Å². The van der Waals surface area contributed by atoms with Gasteiger partial charge < -0.3 is 4.42 Å². The molecule has 3 aromatic rings. The van der Waals surface area contributed by atoms with E-state index in [1.54, 1.807) is 12.1 Å². The van der Waals surface area contributed by atoms with Gasteiger partial charge in [-0.3, -0.25) is 0 Å². The van der Waals surface area contributed by atoms with E-state index in [2.05, 4.69) is 15.5 Å². The number of anilines is 1. The number of nitrogens with zero attached hydrogens (tertiary/aromatic N) is 2. The zero-order valence-electron chi connectivity index (χ0n) is 11.1. The summed E-state index contributed by atoms with van der Waals surface area (Å²) in [5.74, 6) is 0. The van der Waals surface area contributed by atoms with Gasteiger partial charge in [0.15, 0.2) is 5.58 Å². The van der Waals surface area contributed by atoms with Crippen molar-refractivity contribution in [2.45, 2.75) is 6.18 Å². The first kappa shape index (κ1) is 14.1. The Kier molecular flexibility index (Phi) is 3.54. The molecular formula is C15H10F3N3O. The van der Waals surface area contributed by atoms with Crippen LogP contribution in [-0.2, 0) is 6.18 Å². The number of fused-ring (bicyclic) bond motifs is 1. The summed E-state index contributed by atoms with van der Waals surface area (Å²) in [6.07, 6.45) is -3.11. The summed E-state index contributed by atoms with van der Waals surface area (Å²) in [4.78, 5) is 4.13. The lowest BCUT2D eigenvalue weighted by Crippen LogP contribution is -2.05. The van der Waals surface area contributed by atoms with Gasteiger partial charge in [-0.2, -0.15) is 23.3 Å². The van der Waals surface area contributed by atoms with E-state index in [1.807, 2.05) is 12.1 Å². The maximum absolute atomic E-state index is 12.6. The monoisotopic (exact) mass is 305 g/mol. The Balaban J connectivity index is 1.74. The molecule has 0 spiro atoms. The third-order valence-electron chi connectivity index (χ3n) is 2.88. The largest absolute Gasteiger partial charge is 0.422 e. The number of oxazole rings is 1. The Morgan fingerprint density at radius 1 is 1.09 bits per heavy atom. The average molecular weight is 305 g/mol. The van der Waals surface area contributed by atoms with E-state index in [1.165, 1.54) is 18.3 Å². The fraction of sp³-hybridized carbons (Fsp3) is 0.0667. The number of nitrogens with one attached hydrogen (secondary N) is 1. The smallest absolute Gasteiger partial charge is 0.416 e. The molecule has 0 atom stereocenters. The molecule has 3 rings (SSSR count). The van der Waals surface area contributed by atoms with Crippen molar-refractivity contribution in [3.05, 3.63) is 59.7 Å². The van der Waals surface area contributed by atoms with E-state index >= 15 is 0 Å². The summed E-state index contributed by atoms with van der Waals surface area (Å²) in [5, 5.41) is 3.83. The number of benzene rings is 2. The van der Waals surface area contributed by atoms with Crippen LogP contribution in [0.5, 0.6) is 0 Å². The minimum atomic E-state index is -4.38. The van der Waals surface area contributed by atoms with E-state index in [0.29, 0.717) is 16.7 Å². The van der Waals surface area contributed by atoms with E-state index in [-0.39, 0.29) is 6.01 Å². The van der Waals surface area contributed by atoms with Gasteiger partial charge in [0.25, 0.3) is 0 Å². The fourth-order valence-electron chi connectivity index (χ4n) is 1.88. The third-order valence-corrected chi connectivity index (χ3v) is 2.88. The number of halogens is 3. The normalized spacial score (nSPS) is 12.1. The average Bonchev–Trinajstić information content (AvgIpc) is 2.89. The van der Waals surface area contributed by atoms with Crippen molar-refractivity contribution >= 4 is 23.3 Å². The van der Waals surface area contributed by atoms with Crippen molar-refractivity contribution in [1.29, 1.82) is 0 Å². The molecule has 0 aliphatic carbocycles.